The van der Waals surface area contributed by atoms with Gasteiger partial charge in [0.2, 0.25) is 0 Å². The molecule has 138 valence electrons. The Morgan fingerprint density at radius 1 is 0.926 bits per heavy atom. The Labute approximate surface area is 160 Å². The summed E-state index contributed by atoms with van der Waals surface area (Å²) < 4.78 is 5.95. The molecule has 3 rings (SSSR count). The van der Waals surface area contributed by atoms with Crippen molar-refractivity contribution in [3.63, 3.8) is 0 Å². The average Bonchev–Trinajstić information content (AvgIpc) is 2.72. The average molecular weight is 360 g/mol. The normalized spacial score (nSPS) is 10.3. The maximum absolute atomic E-state index is 12.5. The van der Waals surface area contributed by atoms with Crippen LogP contribution in [0.3, 0.4) is 0 Å². The number of nitrogens with zero attached hydrogens (tertiary/aromatic N) is 1. The summed E-state index contributed by atoms with van der Waals surface area (Å²) in [4.78, 5) is 14.5. The first-order valence-electron chi connectivity index (χ1n) is 8.94. The Kier molecular flexibility index (Phi) is 6.10. The minimum atomic E-state index is -0.100. The molecule has 4 nitrogen and oxygen atoms in total. The van der Waals surface area contributed by atoms with Gasteiger partial charge in [-0.15, -0.1) is 0 Å². The van der Waals surface area contributed by atoms with E-state index in [4.69, 9.17) is 4.74 Å². The minimum absolute atomic E-state index is 0.100. The smallest absolute Gasteiger partial charge is 0.251 e. The molecule has 0 atom stereocenters. The minimum Gasteiger partial charge on any atom is -0.489 e. The highest BCUT2D eigenvalue weighted by molar-refractivity contribution is 5.95. The van der Waals surface area contributed by atoms with Crippen LogP contribution in [0.1, 0.15) is 21.5 Å². The quantitative estimate of drug-likeness (QED) is 0.684. The fraction of sp³-hybridized carbons (Fsp3) is 0.174. The molecule has 0 saturated heterocycles. The molecule has 1 amide bonds. The van der Waals surface area contributed by atoms with Crippen LogP contribution in [0.15, 0.2) is 78.9 Å². The zero-order valence-electron chi connectivity index (χ0n) is 15.7. The van der Waals surface area contributed by atoms with E-state index in [-0.39, 0.29) is 5.91 Å². The van der Waals surface area contributed by atoms with Crippen LogP contribution in [0.4, 0.5) is 5.69 Å². The van der Waals surface area contributed by atoms with Crippen LogP contribution in [-0.2, 0) is 13.2 Å². The zero-order valence-corrected chi connectivity index (χ0v) is 15.7. The van der Waals surface area contributed by atoms with E-state index >= 15 is 0 Å². The van der Waals surface area contributed by atoms with Crippen molar-refractivity contribution < 1.29 is 9.53 Å². The molecule has 3 aromatic carbocycles. The van der Waals surface area contributed by atoms with Crippen molar-refractivity contribution in [2.24, 2.45) is 0 Å². The first kappa shape index (κ1) is 18.5. The number of rotatable bonds is 7. The van der Waals surface area contributed by atoms with Gasteiger partial charge in [0.25, 0.3) is 5.91 Å². The van der Waals surface area contributed by atoms with Crippen LogP contribution < -0.4 is 15.0 Å². The summed E-state index contributed by atoms with van der Waals surface area (Å²) >= 11 is 0. The number of hydrogen-bond acceptors (Lipinski definition) is 3. The van der Waals surface area contributed by atoms with E-state index < -0.39 is 0 Å². The molecule has 0 saturated carbocycles. The van der Waals surface area contributed by atoms with E-state index in [1.807, 2.05) is 97.9 Å². The van der Waals surface area contributed by atoms with Crippen molar-refractivity contribution in [3.05, 3.63) is 95.6 Å². The van der Waals surface area contributed by atoms with Gasteiger partial charge in [-0.05, 0) is 29.8 Å². The lowest BCUT2D eigenvalue weighted by molar-refractivity contribution is 0.0950. The molecule has 0 aliphatic heterocycles. The largest absolute Gasteiger partial charge is 0.489 e. The lowest BCUT2D eigenvalue weighted by atomic mass is 10.1. The number of amides is 1. The molecule has 1 N–H and O–H groups in total. The van der Waals surface area contributed by atoms with E-state index in [1.54, 1.807) is 0 Å². The maximum Gasteiger partial charge on any atom is 0.251 e. The molecule has 0 unspecified atom stereocenters. The Morgan fingerprint density at radius 2 is 1.67 bits per heavy atom. The summed E-state index contributed by atoms with van der Waals surface area (Å²) in [7, 11) is 3.91. The van der Waals surface area contributed by atoms with Crippen molar-refractivity contribution in [2.75, 3.05) is 19.0 Å². The molecule has 0 spiro atoms. The van der Waals surface area contributed by atoms with Gasteiger partial charge in [0.15, 0.2) is 0 Å². The van der Waals surface area contributed by atoms with Gasteiger partial charge in [-0.25, -0.2) is 0 Å². The number of hydrogen-bond donors (Lipinski definition) is 1. The second-order valence-corrected chi connectivity index (χ2v) is 6.51. The summed E-state index contributed by atoms with van der Waals surface area (Å²) in [5.41, 5.74) is 3.69. The second kappa shape index (κ2) is 8.90. The summed E-state index contributed by atoms with van der Waals surface area (Å²) in [6, 6.07) is 25.4. The summed E-state index contributed by atoms with van der Waals surface area (Å²) in [6.07, 6.45) is 0. The van der Waals surface area contributed by atoms with Crippen molar-refractivity contribution >= 4 is 11.6 Å². The first-order valence-corrected chi connectivity index (χ1v) is 8.94. The van der Waals surface area contributed by atoms with Gasteiger partial charge in [-0.3, -0.25) is 4.79 Å². The van der Waals surface area contributed by atoms with Crippen LogP contribution >= 0.6 is 0 Å². The van der Waals surface area contributed by atoms with Gasteiger partial charge in [0.05, 0.1) is 0 Å². The molecule has 0 bridgehead atoms. The van der Waals surface area contributed by atoms with Gasteiger partial charge in [-0.1, -0.05) is 54.6 Å². The molecule has 0 aliphatic rings. The van der Waals surface area contributed by atoms with E-state index in [9.17, 15) is 4.79 Å². The summed E-state index contributed by atoms with van der Waals surface area (Å²) in [5, 5.41) is 2.98. The zero-order chi connectivity index (χ0) is 19.1. The van der Waals surface area contributed by atoms with Crippen LogP contribution in [0.5, 0.6) is 5.75 Å². The molecule has 4 heteroatoms. The molecular formula is C23H24N2O2. The number of carbonyl (C=O) groups is 1. The Balaban J connectivity index is 1.64. The molecule has 3 aromatic rings. The number of anilines is 1. The van der Waals surface area contributed by atoms with E-state index in [1.165, 1.54) is 0 Å². The van der Waals surface area contributed by atoms with Crippen molar-refractivity contribution in [2.45, 2.75) is 13.2 Å². The predicted octanol–water partition coefficient (Wildman–Crippen LogP) is 4.26. The van der Waals surface area contributed by atoms with Crippen LogP contribution in [-0.4, -0.2) is 20.0 Å². The predicted molar refractivity (Wildman–Crippen MR) is 109 cm³/mol. The number of nitrogens with one attached hydrogen (secondary N) is 1. The van der Waals surface area contributed by atoms with Gasteiger partial charge in [0, 0.05) is 37.5 Å². The van der Waals surface area contributed by atoms with Crippen LogP contribution in [0.2, 0.25) is 0 Å². The van der Waals surface area contributed by atoms with E-state index in [0.717, 1.165) is 22.6 Å². The molecule has 0 radical (unpaired) electrons. The van der Waals surface area contributed by atoms with Crippen LogP contribution in [0, 0.1) is 0 Å². The molecule has 0 heterocycles. The SMILES string of the molecule is CN(C)c1cccc(C(=O)NCc2ccccc2OCc2ccccc2)c1. The third-order valence-electron chi connectivity index (χ3n) is 4.27. The second-order valence-electron chi connectivity index (χ2n) is 6.51. The summed E-state index contributed by atoms with van der Waals surface area (Å²) in [6.45, 7) is 0.909. The van der Waals surface area contributed by atoms with Crippen molar-refractivity contribution in [1.29, 1.82) is 0 Å². The van der Waals surface area contributed by atoms with Gasteiger partial charge >= 0.3 is 0 Å². The van der Waals surface area contributed by atoms with Gasteiger partial charge in [0.1, 0.15) is 12.4 Å². The topological polar surface area (TPSA) is 41.6 Å². The number of ether oxygens (including phenoxy) is 1. The lowest BCUT2D eigenvalue weighted by Gasteiger charge is -2.14. The number of benzene rings is 3. The number of para-hydroxylation sites is 1. The van der Waals surface area contributed by atoms with Crippen molar-refractivity contribution in [1.82, 2.24) is 5.32 Å². The van der Waals surface area contributed by atoms with Gasteiger partial charge < -0.3 is 15.0 Å². The third kappa shape index (κ3) is 5.11. The Morgan fingerprint density at radius 3 is 2.44 bits per heavy atom. The van der Waals surface area contributed by atoms with E-state index in [0.29, 0.717) is 18.7 Å². The fourth-order valence-electron chi connectivity index (χ4n) is 2.73. The fourth-order valence-corrected chi connectivity index (χ4v) is 2.73. The highest BCUT2D eigenvalue weighted by Crippen LogP contribution is 2.20. The first-order chi connectivity index (χ1) is 13.1. The monoisotopic (exact) mass is 360 g/mol. The molecule has 0 fully saturated rings. The molecule has 0 aliphatic carbocycles. The molecule has 0 aromatic heterocycles. The maximum atomic E-state index is 12.5. The standard InChI is InChI=1S/C23H24N2O2/c1-25(2)21-13-8-12-19(15-21)23(26)24-16-20-11-6-7-14-22(20)27-17-18-9-4-3-5-10-18/h3-15H,16-17H2,1-2H3,(H,24,26). The lowest BCUT2D eigenvalue weighted by Crippen LogP contribution is -2.23. The highest BCUT2D eigenvalue weighted by Gasteiger charge is 2.09. The van der Waals surface area contributed by atoms with Gasteiger partial charge in [-0.2, -0.15) is 0 Å². The molecule has 27 heavy (non-hydrogen) atoms. The Hall–Kier alpha value is -3.27. The van der Waals surface area contributed by atoms with E-state index in [2.05, 4.69) is 5.32 Å². The Bertz CT molecular complexity index is 892. The third-order valence-corrected chi connectivity index (χ3v) is 4.27. The molecular weight excluding hydrogens is 336 g/mol. The number of carbonyl (C=O) groups excluding carboxylic acids is 1. The van der Waals surface area contributed by atoms with Crippen molar-refractivity contribution in [3.8, 4) is 5.75 Å². The highest BCUT2D eigenvalue weighted by atomic mass is 16.5. The summed E-state index contributed by atoms with van der Waals surface area (Å²) in [5.74, 6) is 0.681. The van der Waals surface area contributed by atoms with Crippen LogP contribution in [0.25, 0.3) is 0 Å².